The summed E-state index contributed by atoms with van der Waals surface area (Å²) >= 11 is 0. The topological polar surface area (TPSA) is 81.6 Å². The Bertz CT molecular complexity index is 999. The van der Waals surface area contributed by atoms with Gasteiger partial charge >= 0.3 is 0 Å². The van der Waals surface area contributed by atoms with Crippen LogP contribution in [0.2, 0.25) is 0 Å². The maximum absolute atomic E-state index is 12.2. The molecule has 0 aliphatic carbocycles. The minimum atomic E-state index is -3.40. The second kappa shape index (κ2) is 7.00. The van der Waals surface area contributed by atoms with E-state index in [1.54, 1.807) is 14.0 Å². The van der Waals surface area contributed by atoms with Crippen LogP contribution in [0, 0.1) is 6.92 Å². The van der Waals surface area contributed by atoms with Gasteiger partial charge in [-0.05, 0) is 49.4 Å². The molecule has 0 amide bonds. The van der Waals surface area contributed by atoms with E-state index in [1.165, 1.54) is 23.6 Å². The van der Waals surface area contributed by atoms with Crippen molar-refractivity contribution in [2.45, 2.75) is 36.7 Å². The van der Waals surface area contributed by atoms with Crippen LogP contribution >= 0.6 is 0 Å². The van der Waals surface area contributed by atoms with Crippen molar-refractivity contribution in [1.82, 2.24) is 9.97 Å². The number of hydrogen-bond donors (Lipinski definition) is 0. The van der Waals surface area contributed by atoms with Crippen LogP contribution in [-0.2, 0) is 26.6 Å². The fourth-order valence-corrected chi connectivity index (χ4v) is 4.96. The zero-order valence-electron chi connectivity index (χ0n) is 16.4. The van der Waals surface area contributed by atoms with Crippen molar-refractivity contribution in [1.29, 1.82) is 0 Å². The Morgan fingerprint density at radius 2 is 2.00 bits per heavy atom. The van der Waals surface area contributed by atoms with Gasteiger partial charge in [-0.2, -0.15) is 0 Å². The molecule has 2 aromatic rings. The predicted octanol–water partition coefficient (Wildman–Crippen LogP) is 2.27. The van der Waals surface area contributed by atoms with Gasteiger partial charge in [0.2, 0.25) is 0 Å². The molecule has 0 radical (unpaired) electrons. The third kappa shape index (κ3) is 3.35. The molecule has 0 atom stereocenters. The average Bonchev–Trinajstić information content (AvgIpc) is 2.67. The first-order chi connectivity index (χ1) is 13.3. The summed E-state index contributed by atoms with van der Waals surface area (Å²) in [6.07, 6.45) is 5.04. The minimum absolute atomic E-state index is 0.184. The highest BCUT2D eigenvalue weighted by Gasteiger charge is 2.41. The second-order valence-electron chi connectivity index (χ2n) is 7.48. The molecule has 2 aliphatic rings. The Labute approximate surface area is 165 Å². The largest absolute Gasteiger partial charge is 0.497 e. The summed E-state index contributed by atoms with van der Waals surface area (Å²) in [5, 5.41) is 0. The van der Waals surface area contributed by atoms with Crippen LogP contribution in [0.1, 0.15) is 29.8 Å². The molecule has 28 heavy (non-hydrogen) atoms. The Kier molecular flexibility index (Phi) is 4.79. The first kappa shape index (κ1) is 19.1. The number of aromatic nitrogens is 2. The van der Waals surface area contributed by atoms with E-state index in [0.29, 0.717) is 31.3 Å². The number of hydrogen-bond acceptors (Lipinski definition) is 7. The van der Waals surface area contributed by atoms with E-state index in [0.717, 1.165) is 25.0 Å². The fourth-order valence-electron chi connectivity index (χ4n) is 4.21. The standard InChI is InChI=1S/C20H25N3O4S/c1-14-21-13-18(28(3,24)25)19(22-14)23-9-7-20(8-10-23)17-5-4-16(26-2)12-15(17)6-11-27-20/h4-5,12-13H,6-11H2,1-3H3. The highest BCUT2D eigenvalue weighted by Crippen LogP contribution is 2.43. The lowest BCUT2D eigenvalue weighted by Crippen LogP contribution is -2.47. The molecule has 1 fully saturated rings. The summed E-state index contributed by atoms with van der Waals surface area (Å²) in [7, 11) is -1.72. The zero-order chi connectivity index (χ0) is 19.9. The van der Waals surface area contributed by atoms with E-state index in [2.05, 4.69) is 22.1 Å². The molecule has 8 heteroatoms. The maximum atomic E-state index is 12.2. The smallest absolute Gasteiger partial charge is 0.180 e. The Hall–Kier alpha value is -2.19. The second-order valence-corrected chi connectivity index (χ2v) is 9.46. The summed E-state index contributed by atoms with van der Waals surface area (Å²) in [4.78, 5) is 10.7. The van der Waals surface area contributed by atoms with Gasteiger partial charge < -0.3 is 14.4 Å². The van der Waals surface area contributed by atoms with Gasteiger partial charge in [0.1, 0.15) is 16.5 Å². The number of methoxy groups -OCH3 is 1. The van der Waals surface area contributed by atoms with Crippen molar-refractivity contribution in [2.24, 2.45) is 0 Å². The Morgan fingerprint density at radius 1 is 1.25 bits per heavy atom. The van der Waals surface area contributed by atoms with E-state index < -0.39 is 9.84 Å². The highest BCUT2D eigenvalue weighted by molar-refractivity contribution is 7.90. The molecule has 4 rings (SSSR count). The summed E-state index contributed by atoms with van der Waals surface area (Å²) < 4.78 is 36.0. The van der Waals surface area contributed by atoms with Crippen molar-refractivity contribution in [3.05, 3.63) is 41.3 Å². The third-order valence-corrected chi connectivity index (χ3v) is 6.77. The molecular formula is C20H25N3O4S. The van der Waals surface area contributed by atoms with Gasteiger partial charge in [0, 0.05) is 19.3 Å². The molecule has 7 nitrogen and oxygen atoms in total. The maximum Gasteiger partial charge on any atom is 0.180 e. The van der Waals surface area contributed by atoms with E-state index in [1.807, 2.05) is 11.0 Å². The van der Waals surface area contributed by atoms with Crippen LogP contribution in [0.15, 0.2) is 29.3 Å². The first-order valence-corrected chi connectivity index (χ1v) is 11.3. The molecule has 150 valence electrons. The molecule has 0 saturated carbocycles. The minimum Gasteiger partial charge on any atom is -0.497 e. The fraction of sp³-hybridized carbons (Fsp3) is 0.500. The van der Waals surface area contributed by atoms with Crippen LogP contribution in [0.3, 0.4) is 0 Å². The highest BCUT2D eigenvalue weighted by atomic mass is 32.2. The van der Waals surface area contributed by atoms with E-state index >= 15 is 0 Å². The predicted molar refractivity (Wildman–Crippen MR) is 106 cm³/mol. The number of fused-ring (bicyclic) bond motifs is 2. The number of benzene rings is 1. The van der Waals surface area contributed by atoms with Crippen molar-refractivity contribution < 1.29 is 17.9 Å². The van der Waals surface area contributed by atoms with Crippen molar-refractivity contribution in [3.63, 3.8) is 0 Å². The lowest BCUT2D eigenvalue weighted by Gasteiger charge is -2.45. The van der Waals surface area contributed by atoms with Gasteiger partial charge in [-0.15, -0.1) is 0 Å². The van der Waals surface area contributed by atoms with Crippen LogP contribution in [0.4, 0.5) is 5.82 Å². The summed E-state index contributed by atoms with van der Waals surface area (Å²) in [5.74, 6) is 1.92. The molecule has 0 unspecified atom stereocenters. The quantitative estimate of drug-likeness (QED) is 0.777. The molecule has 1 aromatic carbocycles. The van der Waals surface area contributed by atoms with Crippen LogP contribution < -0.4 is 9.64 Å². The van der Waals surface area contributed by atoms with Gasteiger partial charge in [0.25, 0.3) is 0 Å². The number of nitrogens with zero attached hydrogens (tertiary/aromatic N) is 3. The van der Waals surface area contributed by atoms with Gasteiger partial charge in [-0.1, -0.05) is 6.07 Å². The molecule has 0 bridgehead atoms. The first-order valence-electron chi connectivity index (χ1n) is 9.42. The average molecular weight is 404 g/mol. The number of ether oxygens (including phenoxy) is 2. The zero-order valence-corrected chi connectivity index (χ0v) is 17.3. The molecule has 1 spiro atoms. The van der Waals surface area contributed by atoms with E-state index in [4.69, 9.17) is 9.47 Å². The van der Waals surface area contributed by atoms with Gasteiger partial charge in [0.05, 0.1) is 25.5 Å². The monoisotopic (exact) mass is 403 g/mol. The van der Waals surface area contributed by atoms with Crippen molar-refractivity contribution in [3.8, 4) is 5.75 Å². The summed E-state index contributed by atoms with van der Waals surface area (Å²) in [6.45, 7) is 3.80. The van der Waals surface area contributed by atoms with Crippen LogP contribution in [0.25, 0.3) is 0 Å². The van der Waals surface area contributed by atoms with Gasteiger partial charge in [0.15, 0.2) is 15.7 Å². The number of sulfone groups is 1. The van der Waals surface area contributed by atoms with Gasteiger partial charge in [-0.25, -0.2) is 18.4 Å². The summed E-state index contributed by atoms with van der Waals surface area (Å²) in [5.41, 5.74) is 2.17. The molecule has 0 N–H and O–H groups in total. The lowest BCUT2D eigenvalue weighted by molar-refractivity contribution is -0.0767. The van der Waals surface area contributed by atoms with E-state index in [9.17, 15) is 8.42 Å². The molecule has 1 saturated heterocycles. The molecule has 2 aliphatic heterocycles. The number of rotatable bonds is 3. The number of anilines is 1. The molecule has 3 heterocycles. The summed E-state index contributed by atoms with van der Waals surface area (Å²) in [6, 6.07) is 6.19. The Morgan fingerprint density at radius 3 is 2.68 bits per heavy atom. The van der Waals surface area contributed by atoms with Crippen molar-refractivity contribution >= 4 is 15.7 Å². The number of aryl methyl sites for hydroxylation is 1. The van der Waals surface area contributed by atoms with Gasteiger partial charge in [-0.3, -0.25) is 0 Å². The Balaban J connectivity index is 1.63. The molecular weight excluding hydrogens is 378 g/mol. The van der Waals surface area contributed by atoms with E-state index in [-0.39, 0.29) is 10.5 Å². The molecule has 1 aromatic heterocycles. The number of piperidine rings is 1. The SMILES string of the molecule is COc1ccc2c(c1)CCOC21CCN(c2nc(C)ncc2S(C)(=O)=O)CC1. The van der Waals surface area contributed by atoms with Crippen LogP contribution in [-0.4, -0.2) is 51.4 Å². The normalized spacial score (nSPS) is 18.8. The van der Waals surface area contributed by atoms with Crippen LogP contribution in [0.5, 0.6) is 5.75 Å². The lowest BCUT2D eigenvalue weighted by atomic mass is 9.79. The third-order valence-electron chi connectivity index (χ3n) is 5.68. The van der Waals surface area contributed by atoms with Crippen molar-refractivity contribution in [2.75, 3.05) is 38.0 Å².